The van der Waals surface area contributed by atoms with Gasteiger partial charge in [-0.2, -0.15) is 0 Å². The monoisotopic (exact) mass is 358 g/mol. The van der Waals surface area contributed by atoms with E-state index in [1.807, 2.05) is 75.4 Å². The minimum absolute atomic E-state index is 0.0675. The Hall–Kier alpha value is -3.34. The van der Waals surface area contributed by atoms with Gasteiger partial charge < -0.3 is 15.3 Å². The van der Waals surface area contributed by atoms with Gasteiger partial charge in [-0.05, 0) is 44.0 Å². The third-order valence-corrected chi connectivity index (χ3v) is 4.94. The summed E-state index contributed by atoms with van der Waals surface area (Å²) in [6, 6.07) is 17.8. The summed E-state index contributed by atoms with van der Waals surface area (Å²) in [4.78, 5) is 24.2. The number of nitrogens with zero attached hydrogens (tertiary/aromatic N) is 1. The molecule has 5 nitrogen and oxygen atoms in total. The number of carbonyl (C=O) groups is 1. The number of carbonyl (C=O) groups excluding carboxylic acids is 1. The number of nitrogens with one attached hydrogen (secondary N) is 3. The maximum absolute atomic E-state index is 12.9. The molecule has 0 aliphatic rings. The van der Waals surface area contributed by atoms with Gasteiger partial charge in [0.25, 0.3) is 5.91 Å². The smallest absolute Gasteiger partial charge is 0.253 e. The number of H-pyrrole nitrogens is 2. The van der Waals surface area contributed by atoms with Crippen LogP contribution >= 0.6 is 0 Å². The number of fused-ring (bicyclic) bond motifs is 1. The molecule has 0 saturated carbocycles. The topological polar surface area (TPSA) is 73.6 Å². The number of aromatic amines is 2. The van der Waals surface area contributed by atoms with Crippen LogP contribution in [0.5, 0.6) is 0 Å². The molecule has 2 heterocycles. The van der Waals surface area contributed by atoms with Gasteiger partial charge in [0.1, 0.15) is 0 Å². The number of hydrogen-bond acceptors (Lipinski definition) is 2. The molecule has 3 N–H and O–H groups in total. The summed E-state index contributed by atoms with van der Waals surface area (Å²) < 4.78 is 0. The number of aryl methyl sites for hydroxylation is 1. The van der Waals surface area contributed by atoms with Gasteiger partial charge in [0.2, 0.25) is 0 Å². The molecule has 0 unspecified atom stereocenters. The van der Waals surface area contributed by atoms with Crippen molar-refractivity contribution in [3.05, 3.63) is 77.0 Å². The molecular weight excluding hydrogens is 336 g/mol. The number of aromatic nitrogens is 3. The molecule has 1 atom stereocenters. The fraction of sp³-hybridized carbons (Fsp3) is 0.182. The Kier molecular flexibility index (Phi) is 4.28. The summed E-state index contributed by atoms with van der Waals surface area (Å²) in [5.41, 5.74) is 6.21. The van der Waals surface area contributed by atoms with E-state index in [2.05, 4.69) is 20.3 Å². The summed E-state index contributed by atoms with van der Waals surface area (Å²) in [6.07, 6.45) is 0. The van der Waals surface area contributed by atoms with Crippen molar-refractivity contribution >= 4 is 16.9 Å². The van der Waals surface area contributed by atoms with Crippen LogP contribution in [0.25, 0.3) is 22.6 Å². The second-order valence-corrected chi connectivity index (χ2v) is 6.83. The van der Waals surface area contributed by atoms with Gasteiger partial charge in [-0.25, -0.2) is 4.98 Å². The van der Waals surface area contributed by atoms with Gasteiger partial charge >= 0.3 is 0 Å². The maximum Gasteiger partial charge on any atom is 0.253 e. The zero-order valence-electron chi connectivity index (χ0n) is 15.6. The summed E-state index contributed by atoms with van der Waals surface area (Å²) in [5, 5.41) is 3.10. The minimum Gasteiger partial charge on any atom is -0.355 e. The summed E-state index contributed by atoms with van der Waals surface area (Å²) >= 11 is 0. The molecule has 1 amide bonds. The number of rotatable bonds is 4. The molecule has 0 saturated heterocycles. The molecule has 0 radical (unpaired) electrons. The maximum atomic E-state index is 12.9. The first-order valence-electron chi connectivity index (χ1n) is 9.04. The molecular formula is C22H22N4O. The second-order valence-electron chi connectivity index (χ2n) is 6.83. The largest absolute Gasteiger partial charge is 0.355 e. The second kappa shape index (κ2) is 6.76. The van der Waals surface area contributed by atoms with E-state index in [-0.39, 0.29) is 11.9 Å². The van der Waals surface area contributed by atoms with Gasteiger partial charge in [-0.3, -0.25) is 4.79 Å². The van der Waals surface area contributed by atoms with Crippen LogP contribution in [0.15, 0.2) is 54.6 Å². The predicted molar refractivity (Wildman–Crippen MR) is 108 cm³/mol. The van der Waals surface area contributed by atoms with Crippen molar-refractivity contribution in [1.29, 1.82) is 0 Å². The normalized spacial score (nSPS) is 12.3. The molecule has 27 heavy (non-hydrogen) atoms. The van der Waals surface area contributed by atoms with Gasteiger partial charge in [0.05, 0.1) is 28.3 Å². The SMILES string of the molecule is Cc1[nH]c(-c2nc3ccccc3[nH]2)c(C)c1C(=O)N[C@@H](C)c1ccccc1. The van der Waals surface area contributed by atoms with Gasteiger partial charge in [-0.15, -0.1) is 0 Å². The van der Waals surface area contributed by atoms with Gasteiger partial charge in [0, 0.05) is 5.69 Å². The van der Waals surface area contributed by atoms with E-state index in [4.69, 9.17) is 0 Å². The highest BCUT2D eigenvalue weighted by molar-refractivity contribution is 5.99. The van der Waals surface area contributed by atoms with Crippen LogP contribution in [0.2, 0.25) is 0 Å². The van der Waals surface area contributed by atoms with Crippen molar-refractivity contribution in [2.75, 3.05) is 0 Å². The minimum atomic E-state index is -0.0834. The predicted octanol–water partition coefficient (Wildman–Crippen LogP) is 4.67. The molecule has 4 rings (SSSR count). The fourth-order valence-electron chi connectivity index (χ4n) is 3.49. The fourth-order valence-corrected chi connectivity index (χ4v) is 3.49. The van der Waals surface area contributed by atoms with E-state index in [0.29, 0.717) is 5.56 Å². The Bertz CT molecular complexity index is 1080. The Labute approximate surface area is 157 Å². The van der Waals surface area contributed by atoms with E-state index in [1.54, 1.807) is 0 Å². The number of amides is 1. The molecule has 136 valence electrons. The standard InChI is InChI=1S/C22H22N4O/c1-13-19(22(27)24-14(2)16-9-5-4-6-10-16)15(3)23-20(13)21-25-17-11-7-8-12-18(17)26-21/h4-12,14,23H,1-3H3,(H,24,27)(H,25,26)/t14-/m0/s1. The average Bonchev–Trinajstić information content (AvgIpc) is 3.22. The van der Waals surface area contributed by atoms with Crippen LogP contribution in [0.3, 0.4) is 0 Å². The summed E-state index contributed by atoms with van der Waals surface area (Å²) in [5.74, 6) is 0.659. The molecule has 0 fully saturated rings. The first-order valence-corrected chi connectivity index (χ1v) is 9.04. The van der Waals surface area contributed by atoms with Crippen LogP contribution < -0.4 is 5.32 Å². The molecule has 4 aromatic rings. The van der Waals surface area contributed by atoms with Crippen LogP contribution in [0.1, 0.15) is 40.1 Å². The third kappa shape index (κ3) is 3.12. The number of para-hydroxylation sites is 2. The van der Waals surface area contributed by atoms with Crippen LogP contribution in [0.4, 0.5) is 0 Å². The first kappa shape index (κ1) is 17.1. The van der Waals surface area contributed by atoms with Gasteiger partial charge in [-0.1, -0.05) is 42.5 Å². The van der Waals surface area contributed by atoms with E-state index < -0.39 is 0 Å². The van der Waals surface area contributed by atoms with Crippen LogP contribution in [-0.2, 0) is 0 Å². The number of imidazole rings is 1. The molecule has 0 spiro atoms. The van der Waals surface area contributed by atoms with Crippen molar-refractivity contribution in [3.8, 4) is 11.5 Å². The average molecular weight is 358 g/mol. The van der Waals surface area contributed by atoms with E-state index >= 15 is 0 Å². The van der Waals surface area contributed by atoms with Crippen molar-refractivity contribution in [2.45, 2.75) is 26.8 Å². The number of benzene rings is 2. The molecule has 0 aliphatic carbocycles. The quantitative estimate of drug-likeness (QED) is 0.496. The van der Waals surface area contributed by atoms with E-state index in [9.17, 15) is 4.79 Å². The van der Waals surface area contributed by atoms with Crippen molar-refractivity contribution in [2.24, 2.45) is 0 Å². The Morgan fingerprint density at radius 3 is 2.44 bits per heavy atom. The van der Waals surface area contributed by atoms with E-state index in [1.165, 1.54) is 0 Å². The van der Waals surface area contributed by atoms with Crippen molar-refractivity contribution in [3.63, 3.8) is 0 Å². The highest BCUT2D eigenvalue weighted by atomic mass is 16.1. The highest BCUT2D eigenvalue weighted by Gasteiger charge is 2.22. The zero-order valence-corrected chi connectivity index (χ0v) is 15.6. The lowest BCUT2D eigenvalue weighted by atomic mass is 10.1. The Morgan fingerprint density at radius 1 is 1.00 bits per heavy atom. The third-order valence-electron chi connectivity index (χ3n) is 4.94. The zero-order chi connectivity index (χ0) is 19.0. The lowest BCUT2D eigenvalue weighted by Crippen LogP contribution is -2.27. The highest BCUT2D eigenvalue weighted by Crippen LogP contribution is 2.27. The molecule has 0 aliphatic heterocycles. The summed E-state index contributed by atoms with van der Waals surface area (Å²) in [7, 11) is 0. The molecule has 0 bridgehead atoms. The lowest BCUT2D eigenvalue weighted by Gasteiger charge is -2.14. The Morgan fingerprint density at radius 2 is 1.70 bits per heavy atom. The first-order chi connectivity index (χ1) is 13.0. The van der Waals surface area contributed by atoms with Crippen LogP contribution in [0, 0.1) is 13.8 Å². The number of hydrogen-bond donors (Lipinski definition) is 3. The van der Waals surface area contributed by atoms with Crippen LogP contribution in [-0.4, -0.2) is 20.9 Å². The van der Waals surface area contributed by atoms with Gasteiger partial charge in [0.15, 0.2) is 5.82 Å². The molecule has 2 aromatic heterocycles. The molecule has 2 aromatic carbocycles. The Balaban J connectivity index is 1.65. The van der Waals surface area contributed by atoms with E-state index in [0.717, 1.165) is 39.4 Å². The molecule has 5 heteroatoms. The van der Waals surface area contributed by atoms with Crippen molar-refractivity contribution in [1.82, 2.24) is 20.3 Å². The lowest BCUT2D eigenvalue weighted by molar-refractivity contribution is 0.0939. The summed E-state index contributed by atoms with van der Waals surface area (Å²) in [6.45, 7) is 5.86. The van der Waals surface area contributed by atoms with Crippen molar-refractivity contribution < 1.29 is 4.79 Å².